The third-order valence-corrected chi connectivity index (χ3v) is 11.0. The molecule has 0 unspecified atom stereocenters. The number of rotatable bonds is 4. The van der Waals surface area contributed by atoms with E-state index in [4.69, 9.17) is 19.4 Å². The lowest BCUT2D eigenvalue weighted by molar-refractivity contribution is 0.657. The average molecular weight is 681 g/mol. The van der Waals surface area contributed by atoms with Gasteiger partial charge in [-0.3, -0.25) is 0 Å². The van der Waals surface area contributed by atoms with Crippen LogP contribution >= 0.6 is 0 Å². The number of fused-ring (bicyclic) bond motifs is 10. The van der Waals surface area contributed by atoms with E-state index < -0.39 is 0 Å². The Morgan fingerprint density at radius 3 is 1.83 bits per heavy atom. The van der Waals surface area contributed by atoms with Gasteiger partial charge in [0, 0.05) is 49.3 Å². The van der Waals surface area contributed by atoms with Gasteiger partial charge in [0.2, 0.25) is 0 Å². The van der Waals surface area contributed by atoms with Crippen molar-refractivity contribution >= 4 is 43.7 Å². The van der Waals surface area contributed by atoms with Crippen LogP contribution in [0, 0.1) is 0 Å². The Balaban J connectivity index is 1.12. The Labute approximate surface area is 305 Å². The number of furan rings is 1. The maximum Gasteiger partial charge on any atom is 0.164 e. The fourth-order valence-corrected chi connectivity index (χ4v) is 8.58. The highest BCUT2D eigenvalue weighted by molar-refractivity contribution is 6.14. The van der Waals surface area contributed by atoms with Crippen molar-refractivity contribution < 1.29 is 4.42 Å². The number of aromatic nitrogens is 4. The van der Waals surface area contributed by atoms with Crippen LogP contribution in [0.1, 0.15) is 25.0 Å². The molecular formula is C48H32N4O. The monoisotopic (exact) mass is 680 g/mol. The molecular weight excluding hydrogens is 649 g/mol. The van der Waals surface area contributed by atoms with Gasteiger partial charge in [0.1, 0.15) is 11.2 Å². The maximum atomic E-state index is 6.36. The third kappa shape index (κ3) is 4.40. The molecule has 0 radical (unpaired) electrons. The average Bonchev–Trinajstić information content (AvgIpc) is 3.82. The quantitative estimate of drug-likeness (QED) is 0.186. The molecule has 0 amide bonds. The molecule has 0 N–H and O–H groups in total. The van der Waals surface area contributed by atoms with Gasteiger partial charge in [0.05, 0.1) is 11.0 Å². The van der Waals surface area contributed by atoms with Gasteiger partial charge < -0.3 is 8.98 Å². The van der Waals surface area contributed by atoms with Crippen molar-refractivity contribution in [1.82, 2.24) is 19.5 Å². The predicted octanol–water partition coefficient (Wildman–Crippen LogP) is 12.2. The molecule has 0 spiro atoms. The first-order chi connectivity index (χ1) is 26.0. The molecule has 0 saturated carbocycles. The summed E-state index contributed by atoms with van der Waals surface area (Å²) in [5.74, 6) is 1.93. The molecule has 0 aliphatic heterocycles. The van der Waals surface area contributed by atoms with Crippen molar-refractivity contribution in [3.8, 4) is 51.0 Å². The van der Waals surface area contributed by atoms with Gasteiger partial charge in [-0.15, -0.1) is 0 Å². The zero-order chi connectivity index (χ0) is 35.3. The van der Waals surface area contributed by atoms with Gasteiger partial charge in [0.15, 0.2) is 17.5 Å². The Kier molecular flexibility index (Phi) is 6.23. The first-order valence-corrected chi connectivity index (χ1v) is 18.0. The van der Waals surface area contributed by atoms with Gasteiger partial charge in [-0.05, 0) is 64.7 Å². The molecule has 250 valence electrons. The summed E-state index contributed by atoms with van der Waals surface area (Å²) in [6, 6.07) is 55.2. The number of benzene rings is 7. The Morgan fingerprint density at radius 1 is 0.472 bits per heavy atom. The van der Waals surface area contributed by atoms with E-state index in [0.29, 0.717) is 17.5 Å². The Bertz CT molecular complexity index is 3020. The van der Waals surface area contributed by atoms with Crippen LogP contribution in [0.3, 0.4) is 0 Å². The normalized spacial score (nSPS) is 13.2. The number of hydrogen-bond donors (Lipinski definition) is 0. The lowest BCUT2D eigenvalue weighted by Crippen LogP contribution is -2.15. The summed E-state index contributed by atoms with van der Waals surface area (Å²) >= 11 is 0. The van der Waals surface area contributed by atoms with Crippen molar-refractivity contribution in [3.05, 3.63) is 169 Å². The maximum absolute atomic E-state index is 6.36. The number of para-hydroxylation sites is 2. The standard InChI is InChI=1S/C48H32N4O/c1-48(2)38-28-40-37(27-36(38)34-24-25-42-43(44(34)48)35-21-10-12-23-41(35)53-42)33-20-9-11-22-39(33)52(40)32-19-13-18-31(26-32)47-50-45(29-14-5-3-6-15-29)49-46(51-47)30-16-7-4-8-17-30/h3-28H,1-2H3. The molecule has 11 rings (SSSR count). The second-order valence-electron chi connectivity index (χ2n) is 14.4. The van der Waals surface area contributed by atoms with Crippen LogP contribution in [0.5, 0.6) is 0 Å². The van der Waals surface area contributed by atoms with Gasteiger partial charge in [-0.25, -0.2) is 15.0 Å². The van der Waals surface area contributed by atoms with Gasteiger partial charge in [-0.2, -0.15) is 0 Å². The number of nitrogens with zero attached hydrogens (tertiary/aromatic N) is 4. The zero-order valence-electron chi connectivity index (χ0n) is 29.2. The van der Waals surface area contributed by atoms with E-state index in [1.54, 1.807) is 0 Å². The van der Waals surface area contributed by atoms with Gasteiger partial charge >= 0.3 is 0 Å². The van der Waals surface area contributed by atoms with E-state index in [1.165, 1.54) is 49.3 Å². The van der Waals surface area contributed by atoms with Crippen LogP contribution in [0.25, 0.3) is 94.7 Å². The first-order valence-electron chi connectivity index (χ1n) is 18.0. The van der Waals surface area contributed by atoms with E-state index in [9.17, 15) is 0 Å². The summed E-state index contributed by atoms with van der Waals surface area (Å²) < 4.78 is 8.76. The molecule has 1 aliphatic rings. The van der Waals surface area contributed by atoms with E-state index >= 15 is 0 Å². The molecule has 0 saturated heterocycles. The summed E-state index contributed by atoms with van der Waals surface area (Å²) in [5, 5.41) is 4.82. The van der Waals surface area contributed by atoms with Gasteiger partial charge in [0.25, 0.3) is 0 Å². The smallest absolute Gasteiger partial charge is 0.164 e. The van der Waals surface area contributed by atoms with Crippen LogP contribution in [0.4, 0.5) is 0 Å². The van der Waals surface area contributed by atoms with Crippen LogP contribution in [-0.4, -0.2) is 19.5 Å². The predicted molar refractivity (Wildman–Crippen MR) is 215 cm³/mol. The summed E-state index contributed by atoms with van der Waals surface area (Å²) in [6.45, 7) is 4.71. The Hall–Kier alpha value is -6.85. The highest BCUT2D eigenvalue weighted by Crippen LogP contribution is 2.54. The summed E-state index contributed by atoms with van der Waals surface area (Å²) in [5.41, 5.74) is 13.0. The lowest BCUT2D eigenvalue weighted by atomic mass is 9.80. The van der Waals surface area contributed by atoms with E-state index in [0.717, 1.165) is 39.1 Å². The third-order valence-electron chi connectivity index (χ3n) is 11.0. The Morgan fingerprint density at radius 2 is 1.09 bits per heavy atom. The molecule has 0 fully saturated rings. The lowest BCUT2D eigenvalue weighted by Gasteiger charge is -2.22. The largest absolute Gasteiger partial charge is 0.456 e. The topological polar surface area (TPSA) is 56.7 Å². The van der Waals surface area contributed by atoms with Crippen molar-refractivity contribution in [2.24, 2.45) is 0 Å². The molecule has 53 heavy (non-hydrogen) atoms. The minimum absolute atomic E-state index is 0.249. The van der Waals surface area contributed by atoms with Crippen LogP contribution in [0.15, 0.2) is 162 Å². The zero-order valence-corrected chi connectivity index (χ0v) is 29.2. The van der Waals surface area contributed by atoms with Crippen LogP contribution in [-0.2, 0) is 5.41 Å². The summed E-state index contributed by atoms with van der Waals surface area (Å²) in [7, 11) is 0. The minimum Gasteiger partial charge on any atom is -0.456 e. The molecule has 3 heterocycles. The molecule has 5 heteroatoms. The van der Waals surface area contributed by atoms with E-state index in [2.05, 4.69) is 109 Å². The molecule has 7 aromatic carbocycles. The second-order valence-corrected chi connectivity index (χ2v) is 14.4. The fraction of sp³-hybridized carbons (Fsp3) is 0.0625. The summed E-state index contributed by atoms with van der Waals surface area (Å²) in [6.07, 6.45) is 0. The van der Waals surface area contributed by atoms with E-state index in [-0.39, 0.29) is 5.41 Å². The molecule has 1 aliphatic carbocycles. The van der Waals surface area contributed by atoms with Crippen molar-refractivity contribution in [2.75, 3.05) is 0 Å². The van der Waals surface area contributed by atoms with Crippen LogP contribution in [0.2, 0.25) is 0 Å². The molecule has 3 aromatic heterocycles. The molecule has 0 bridgehead atoms. The van der Waals surface area contributed by atoms with Crippen molar-refractivity contribution in [3.63, 3.8) is 0 Å². The van der Waals surface area contributed by atoms with E-state index in [1.807, 2.05) is 66.7 Å². The fourth-order valence-electron chi connectivity index (χ4n) is 8.58. The van der Waals surface area contributed by atoms with Gasteiger partial charge in [-0.1, -0.05) is 129 Å². The van der Waals surface area contributed by atoms with Crippen molar-refractivity contribution in [1.29, 1.82) is 0 Å². The highest BCUT2D eigenvalue weighted by atomic mass is 16.3. The molecule has 10 aromatic rings. The first kappa shape index (κ1) is 29.8. The van der Waals surface area contributed by atoms with Crippen LogP contribution < -0.4 is 0 Å². The molecule has 5 nitrogen and oxygen atoms in total. The minimum atomic E-state index is -0.249. The second kappa shape index (κ2) is 11.1. The number of hydrogen-bond acceptors (Lipinski definition) is 4. The SMILES string of the molecule is CC1(C)c2cc3c(cc2-c2ccc4oc5ccccc5c4c21)c1ccccc1n3-c1cccc(-c2nc(-c3ccccc3)nc(-c3ccccc3)n2)c1. The molecule has 0 atom stereocenters. The highest BCUT2D eigenvalue weighted by Gasteiger charge is 2.39. The van der Waals surface area contributed by atoms with Crippen molar-refractivity contribution in [2.45, 2.75) is 19.3 Å². The summed E-state index contributed by atoms with van der Waals surface area (Å²) in [4.78, 5) is 15.0.